The van der Waals surface area contributed by atoms with Gasteiger partial charge in [-0.3, -0.25) is 4.79 Å². The van der Waals surface area contributed by atoms with Gasteiger partial charge in [-0.25, -0.2) is 0 Å². The molecule has 0 aliphatic heterocycles. The van der Waals surface area contributed by atoms with Gasteiger partial charge in [0, 0.05) is 12.8 Å². The minimum Gasteiger partial charge on any atom is -0.396 e. The molecular formula is C10H12F3NO4. The number of aliphatic hydroxyl groups excluding tert-OH is 3. The van der Waals surface area contributed by atoms with E-state index in [1.165, 1.54) is 0 Å². The molecule has 0 amide bonds. The second-order valence-corrected chi connectivity index (χ2v) is 3.70. The van der Waals surface area contributed by atoms with Crippen molar-refractivity contribution in [3.05, 3.63) is 33.7 Å². The van der Waals surface area contributed by atoms with Gasteiger partial charge in [-0.05, 0) is 18.1 Å². The van der Waals surface area contributed by atoms with Crippen LogP contribution in [0.2, 0.25) is 0 Å². The van der Waals surface area contributed by atoms with E-state index in [2.05, 4.69) is 0 Å². The zero-order valence-electron chi connectivity index (χ0n) is 9.11. The molecule has 2 unspecified atom stereocenters. The number of hydrogen-bond donors (Lipinski definition) is 4. The Labute approximate surface area is 99.5 Å². The summed E-state index contributed by atoms with van der Waals surface area (Å²) in [7, 11) is 0. The van der Waals surface area contributed by atoms with E-state index >= 15 is 0 Å². The molecule has 4 N–H and O–H groups in total. The molecule has 2 atom stereocenters. The molecule has 1 rings (SSSR count). The summed E-state index contributed by atoms with van der Waals surface area (Å²) in [6, 6.07) is 0.476. The molecule has 5 nitrogen and oxygen atoms in total. The lowest BCUT2D eigenvalue weighted by atomic mass is 10.0. The van der Waals surface area contributed by atoms with E-state index in [4.69, 9.17) is 5.11 Å². The molecule has 0 saturated heterocycles. The SMILES string of the molecule is O=c1[nH]cc(C(O)C(O)CCO)cc1C(F)(F)F. The molecule has 1 aromatic heterocycles. The number of halogens is 3. The van der Waals surface area contributed by atoms with Crippen LogP contribution in [0.1, 0.15) is 23.7 Å². The van der Waals surface area contributed by atoms with Gasteiger partial charge in [0.25, 0.3) is 5.56 Å². The number of aliphatic hydroxyl groups is 3. The maximum absolute atomic E-state index is 12.4. The van der Waals surface area contributed by atoms with Gasteiger partial charge in [0.1, 0.15) is 11.7 Å². The number of pyridine rings is 1. The predicted octanol–water partition coefficient (Wildman–Crippen LogP) is 0.170. The normalized spacial score (nSPS) is 15.4. The number of rotatable bonds is 4. The van der Waals surface area contributed by atoms with Crippen LogP contribution < -0.4 is 5.56 Å². The molecule has 0 aliphatic carbocycles. The Morgan fingerprint density at radius 3 is 2.44 bits per heavy atom. The van der Waals surface area contributed by atoms with Crippen molar-refractivity contribution in [2.45, 2.75) is 24.8 Å². The number of aromatic amines is 1. The van der Waals surface area contributed by atoms with Gasteiger partial charge in [-0.2, -0.15) is 13.2 Å². The molecule has 0 bridgehead atoms. The van der Waals surface area contributed by atoms with Crippen molar-refractivity contribution in [2.24, 2.45) is 0 Å². The summed E-state index contributed by atoms with van der Waals surface area (Å²) in [5, 5.41) is 27.5. The van der Waals surface area contributed by atoms with Gasteiger partial charge in [-0.15, -0.1) is 0 Å². The van der Waals surface area contributed by atoms with Crippen molar-refractivity contribution in [1.82, 2.24) is 4.98 Å². The maximum Gasteiger partial charge on any atom is 0.421 e. The van der Waals surface area contributed by atoms with Crippen molar-refractivity contribution in [2.75, 3.05) is 6.61 Å². The van der Waals surface area contributed by atoms with Gasteiger partial charge in [0.05, 0.1) is 6.10 Å². The number of aromatic nitrogens is 1. The van der Waals surface area contributed by atoms with Crippen LogP contribution in [-0.4, -0.2) is 33.0 Å². The number of H-pyrrole nitrogens is 1. The first-order valence-corrected chi connectivity index (χ1v) is 5.04. The third-order valence-electron chi connectivity index (χ3n) is 2.36. The Kier molecular flexibility index (Phi) is 4.49. The number of alkyl halides is 3. The summed E-state index contributed by atoms with van der Waals surface area (Å²) >= 11 is 0. The summed E-state index contributed by atoms with van der Waals surface area (Å²) in [6.45, 7) is -0.423. The Bertz CT molecular complexity index is 457. The van der Waals surface area contributed by atoms with Crippen LogP contribution in [0, 0.1) is 0 Å². The Morgan fingerprint density at radius 2 is 1.94 bits per heavy atom. The molecule has 0 aliphatic rings. The second kappa shape index (κ2) is 5.51. The average Bonchev–Trinajstić information content (AvgIpc) is 2.27. The van der Waals surface area contributed by atoms with E-state index in [1.54, 1.807) is 0 Å². The van der Waals surface area contributed by atoms with Crippen LogP contribution in [0.5, 0.6) is 0 Å². The van der Waals surface area contributed by atoms with E-state index < -0.39 is 36.1 Å². The highest BCUT2D eigenvalue weighted by Crippen LogP contribution is 2.28. The first-order chi connectivity index (χ1) is 8.27. The Morgan fingerprint density at radius 1 is 1.33 bits per heavy atom. The lowest BCUT2D eigenvalue weighted by Gasteiger charge is -2.18. The van der Waals surface area contributed by atoms with Crippen molar-refractivity contribution >= 4 is 0 Å². The van der Waals surface area contributed by atoms with Gasteiger partial charge >= 0.3 is 6.18 Å². The molecule has 18 heavy (non-hydrogen) atoms. The van der Waals surface area contributed by atoms with E-state index in [0.717, 1.165) is 6.20 Å². The first kappa shape index (κ1) is 14.7. The quantitative estimate of drug-likeness (QED) is 0.625. The highest BCUT2D eigenvalue weighted by Gasteiger charge is 2.35. The van der Waals surface area contributed by atoms with Crippen molar-refractivity contribution in [3.8, 4) is 0 Å². The van der Waals surface area contributed by atoms with Crippen LogP contribution in [0.15, 0.2) is 17.1 Å². The first-order valence-electron chi connectivity index (χ1n) is 5.04. The fourth-order valence-corrected chi connectivity index (χ4v) is 1.39. The summed E-state index contributed by atoms with van der Waals surface area (Å²) in [5.74, 6) is 0. The monoisotopic (exact) mass is 267 g/mol. The minimum absolute atomic E-state index is 0.193. The summed E-state index contributed by atoms with van der Waals surface area (Å²) in [5.41, 5.74) is -3.05. The summed E-state index contributed by atoms with van der Waals surface area (Å²) < 4.78 is 37.3. The molecule has 1 heterocycles. The number of nitrogens with one attached hydrogen (secondary N) is 1. The van der Waals surface area contributed by atoms with E-state index in [9.17, 15) is 28.2 Å². The van der Waals surface area contributed by atoms with Crippen LogP contribution in [0.25, 0.3) is 0 Å². The third-order valence-corrected chi connectivity index (χ3v) is 2.36. The fraction of sp³-hybridized carbons (Fsp3) is 0.500. The Balaban J connectivity index is 3.09. The lowest BCUT2D eigenvalue weighted by molar-refractivity contribution is -0.138. The third kappa shape index (κ3) is 3.31. The Hall–Kier alpha value is -1.38. The zero-order valence-corrected chi connectivity index (χ0v) is 9.11. The van der Waals surface area contributed by atoms with Crippen molar-refractivity contribution < 1.29 is 28.5 Å². The molecule has 0 fully saturated rings. The van der Waals surface area contributed by atoms with Crippen molar-refractivity contribution in [1.29, 1.82) is 0 Å². The predicted molar refractivity (Wildman–Crippen MR) is 54.7 cm³/mol. The molecule has 0 spiro atoms. The van der Waals surface area contributed by atoms with Crippen LogP contribution in [-0.2, 0) is 6.18 Å². The fourth-order valence-electron chi connectivity index (χ4n) is 1.39. The summed E-state index contributed by atoms with van der Waals surface area (Å²) in [6.07, 6.45) is -7.17. The summed E-state index contributed by atoms with van der Waals surface area (Å²) in [4.78, 5) is 12.8. The van der Waals surface area contributed by atoms with Gasteiger partial charge in [0.15, 0.2) is 0 Å². The van der Waals surface area contributed by atoms with Gasteiger partial charge in [-0.1, -0.05) is 0 Å². The van der Waals surface area contributed by atoms with E-state index in [-0.39, 0.29) is 12.0 Å². The average molecular weight is 267 g/mol. The van der Waals surface area contributed by atoms with E-state index in [1.807, 2.05) is 4.98 Å². The molecule has 0 aromatic carbocycles. The highest BCUT2D eigenvalue weighted by molar-refractivity contribution is 5.23. The smallest absolute Gasteiger partial charge is 0.396 e. The largest absolute Gasteiger partial charge is 0.421 e. The van der Waals surface area contributed by atoms with Crippen LogP contribution >= 0.6 is 0 Å². The standard InChI is InChI=1S/C10H12F3NO4/c11-10(12,13)6-3-5(4-14-9(6)18)8(17)7(16)1-2-15/h3-4,7-8,15-17H,1-2H2,(H,14,18). The molecule has 0 saturated carbocycles. The minimum atomic E-state index is -4.84. The maximum atomic E-state index is 12.4. The second-order valence-electron chi connectivity index (χ2n) is 3.70. The number of hydrogen-bond acceptors (Lipinski definition) is 4. The van der Waals surface area contributed by atoms with E-state index in [0.29, 0.717) is 6.07 Å². The lowest BCUT2D eigenvalue weighted by Crippen LogP contribution is -2.25. The molecule has 8 heteroatoms. The highest BCUT2D eigenvalue weighted by atomic mass is 19.4. The van der Waals surface area contributed by atoms with Gasteiger partial charge in [0.2, 0.25) is 0 Å². The van der Waals surface area contributed by atoms with Crippen LogP contribution in [0.3, 0.4) is 0 Å². The zero-order chi connectivity index (χ0) is 13.9. The molecule has 1 aromatic rings. The topological polar surface area (TPSA) is 93.6 Å². The molecule has 102 valence electrons. The van der Waals surface area contributed by atoms with Gasteiger partial charge < -0.3 is 20.3 Å². The molecular weight excluding hydrogens is 255 g/mol. The van der Waals surface area contributed by atoms with Crippen molar-refractivity contribution in [3.63, 3.8) is 0 Å². The van der Waals surface area contributed by atoms with Crippen LogP contribution in [0.4, 0.5) is 13.2 Å². The molecule has 0 radical (unpaired) electrons.